The Kier molecular flexibility index (Phi) is 3.40. The van der Waals surface area contributed by atoms with Gasteiger partial charge < -0.3 is 5.73 Å². The van der Waals surface area contributed by atoms with Gasteiger partial charge in [-0.25, -0.2) is 4.98 Å². The van der Waals surface area contributed by atoms with E-state index >= 15 is 0 Å². The Balaban J connectivity index is 2.18. The number of imidazole rings is 1. The van der Waals surface area contributed by atoms with Crippen LogP contribution >= 0.6 is 0 Å². The molecule has 0 unspecified atom stereocenters. The van der Waals surface area contributed by atoms with Crippen LogP contribution in [0.25, 0.3) is 17.1 Å². The third-order valence-electron chi connectivity index (χ3n) is 3.77. The molecule has 3 rings (SSSR count). The van der Waals surface area contributed by atoms with Gasteiger partial charge in [-0.3, -0.25) is 4.57 Å². The summed E-state index contributed by atoms with van der Waals surface area (Å²) >= 11 is 0. The Morgan fingerprint density at radius 1 is 1.00 bits per heavy atom. The number of anilines is 1. The van der Waals surface area contributed by atoms with Gasteiger partial charge in [0.05, 0.1) is 17.3 Å². The van der Waals surface area contributed by atoms with E-state index in [4.69, 9.17) is 11.0 Å². The molecule has 0 atom stereocenters. The van der Waals surface area contributed by atoms with Crippen LogP contribution < -0.4 is 5.73 Å². The van der Waals surface area contributed by atoms with Crippen molar-refractivity contribution in [2.24, 2.45) is 0 Å². The van der Waals surface area contributed by atoms with E-state index < -0.39 is 0 Å². The lowest BCUT2D eigenvalue weighted by Gasteiger charge is -2.11. The molecule has 1 aromatic heterocycles. The fraction of sp³-hybridized carbons (Fsp3) is 0.111. The fourth-order valence-corrected chi connectivity index (χ4v) is 2.44. The highest BCUT2D eigenvalue weighted by molar-refractivity contribution is 5.62. The van der Waals surface area contributed by atoms with Crippen LogP contribution in [0.4, 0.5) is 5.69 Å². The van der Waals surface area contributed by atoms with Gasteiger partial charge in [0.1, 0.15) is 5.82 Å². The van der Waals surface area contributed by atoms with Crippen LogP contribution in [0, 0.1) is 25.2 Å². The number of rotatable bonds is 2. The topological polar surface area (TPSA) is 67.6 Å². The molecule has 0 saturated carbocycles. The van der Waals surface area contributed by atoms with Gasteiger partial charge in [0.25, 0.3) is 0 Å². The van der Waals surface area contributed by atoms with Crippen LogP contribution in [-0.4, -0.2) is 9.55 Å². The SMILES string of the molecule is Cc1nc(-c2ccc(C#N)cc2)n(-c2ccc(N)cc2)c1C. The molecule has 0 radical (unpaired) electrons. The second-order valence-electron chi connectivity index (χ2n) is 5.22. The first-order valence-electron chi connectivity index (χ1n) is 7.02. The first-order chi connectivity index (χ1) is 10.6. The van der Waals surface area contributed by atoms with Crippen molar-refractivity contribution in [2.45, 2.75) is 13.8 Å². The zero-order chi connectivity index (χ0) is 15.7. The summed E-state index contributed by atoms with van der Waals surface area (Å²) in [5, 5.41) is 8.92. The highest BCUT2D eigenvalue weighted by atomic mass is 15.1. The van der Waals surface area contributed by atoms with E-state index in [1.165, 1.54) is 0 Å². The standard InChI is InChI=1S/C18H16N4/c1-12-13(2)22(17-9-7-16(20)8-10-17)18(21-12)15-5-3-14(11-19)4-6-15/h3-10H,20H2,1-2H3. The number of hydrogen-bond donors (Lipinski definition) is 1. The Hall–Kier alpha value is -3.06. The average Bonchev–Trinajstić information content (AvgIpc) is 2.84. The minimum absolute atomic E-state index is 0.641. The van der Waals surface area contributed by atoms with Gasteiger partial charge >= 0.3 is 0 Å². The molecule has 0 saturated heterocycles. The first-order valence-corrected chi connectivity index (χ1v) is 7.02. The Bertz CT molecular complexity index is 850. The molecule has 4 nitrogen and oxygen atoms in total. The van der Waals surface area contributed by atoms with Crippen LogP contribution in [0.1, 0.15) is 17.0 Å². The van der Waals surface area contributed by atoms with Crippen molar-refractivity contribution in [1.82, 2.24) is 9.55 Å². The van der Waals surface area contributed by atoms with Crippen molar-refractivity contribution in [2.75, 3.05) is 5.73 Å². The molecule has 0 spiro atoms. The lowest BCUT2D eigenvalue weighted by Crippen LogP contribution is -2.00. The number of nitrogens with two attached hydrogens (primary N) is 1. The van der Waals surface area contributed by atoms with E-state index in [0.29, 0.717) is 5.56 Å². The van der Waals surface area contributed by atoms with E-state index in [-0.39, 0.29) is 0 Å². The second-order valence-corrected chi connectivity index (χ2v) is 5.22. The summed E-state index contributed by atoms with van der Waals surface area (Å²) in [4.78, 5) is 4.68. The summed E-state index contributed by atoms with van der Waals surface area (Å²) in [6, 6.07) is 17.3. The van der Waals surface area contributed by atoms with E-state index in [0.717, 1.165) is 34.2 Å². The lowest BCUT2D eigenvalue weighted by molar-refractivity contribution is 1.01. The maximum absolute atomic E-state index is 8.92. The molecule has 108 valence electrons. The molecule has 3 aromatic rings. The Labute approximate surface area is 129 Å². The van der Waals surface area contributed by atoms with Gasteiger partial charge in [-0.1, -0.05) is 0 Å². The van der Waals surface area contributed by atoms with Gasteiger partial charge in [-0.2, -0.15) is 5.26 Å². The third kappa shape index (κ3) is 2.33. The molecule has 0 fully saturated rings. The zero-order valence-electron chi connectivity index (χ0n) is 12.5. The predicted octanol–water partition coefficient (Wildman–Crippen LogP) is 3.61. The molecule has 4 heteroatoms. The molecular formula is C18H16N4. The Morgan fingerprint density at radius 2 is 1.64 bits per heavy atom. The lowest BCUT2D eigenvalue weighted by atomic mass is 10.1. The van der Waals surface area contributed by atoms with Crippen LogP contribution in [0.2, 0.25) is 0 Å². The molecule has 0 bridgehead atoms. The number of nitrogens with zero attached hydrogens (tertiary/aromatic N) is 3. The highest BCUT2D eigenvalue weighted by Crippen LogP contribution is 2.26. The van der Waals surface area contributed by atoms with Gasteiger partial charge in [0.15, 0.2) is 0 Å². The van der Waals surface area contributed by atoms with E-state index in [1.807, 2.05) is 62.4 Å². The maximum atomic E-state index is 8.92. The van der Waals surface area contributed by atoms with Crippen molar-refractivity contribution >= 4 is 5.69 Å². The summed E-state index contributed by atoms with van der Waals surface area (Å²) in [6.45, 7) is 4.04. The number of benzene rings is 2. The summed E-state index contributed by atoms with van der Waals surface area (Å²) in [6.07, 6.45) is 0. The minimum Gasteiger partial charge on any atom is -0.399 e. The minimum atomic E-state index is 0.641. The summed E-state index contributed by atoms with van der Waals surface area (Å²) < 4.78 is 2.11. The number of hydrogen-bond acceptors (Lipinski definition) is 3. The summed E-state index contributed by atoms with van der Waals surface area (Å²) in [5.74, 6) is 0.865. The number of aromatic nitrogens is 2. The summed E-state index contributed by atoms with van der Waals surface area (Å²) in [5.41, 5.74) is 11.2. The molecule has 0 aliphatic carbocycles. The number of aryl methyl sites for hydroxylation is 1. The van der Waals surface area contributed by atoms with Crippen molar-refractivity contribution in [3.63, 3.8) is 0 Å². The first kappa shape index (κ1) is 13.9. The van der Waals surface area contributed by atoms with Crippen molar-refractivity contribution in [3.8, 4) is 23.1 Å². The van der Waals surface area contributed by atoms with Gasteiger partial charge in [0.2, 0.25) is 0 Å². The van der Waals surface area contributed by atoms with Crippen LogP contribution in [0.5, 0.6) is 0 Å². The van der Waals surface area contributed by atoms with Gasteiger partial charge in [-0.05, 0) is 62.4 Å². The number of nitrogen functional groups attached to an aromatic ring is 1. The molecule has 0 aliphatic heterocycles. The van der Waals surface area contributed by atoms with E-state index in [2.05, 4.69) is 15.6 Å². The fourth-order valence-electron chi connectivity index (χ4n) is 2.44. The largest absolute Gasteiger partial charge is 0.399 e. The third-order valence-corrected chi connectivity index (χ3v) is 3.77. The van der Waals surface area contributed by atoms with E-state index in [9.17, 15) is 0 Å². The summed E-state index contributed by atoms with van der Waals surface area (Å²) in [7, 11) is 0. The van der Waals surface area contributed by atoms with Crippen LogP contribution in [-0.2, 0) is 0 Å². The number of nitriles is 1. The van der Waals surface area contributed by atoms with E-state index in [1.54, 1.807) is 0 Å². The monoisotopic (exact) mass is 288 g/mol. The molecule has 2 N–H and O–H groups in total. The molecule has 0 aliphatic rings. The van der Waals surface area contributed by atoms with Crippen LogP contribution in [0.15, 0.2) is 48.5 Å². The molecule has 0 amide bonds. The zero-order valence-corrected chi connectivity index (χ0v) is 12.5. The van der Waals surface area contributed by atoms with Crippen molar-refractivity contribution in [3.05, 3.63) is 65.5 Å². The van der Waals surface area contributed by atoms with Crippen molar-refractivity contribution in [1.29, 1.82) is 5.26 Å². The average molecular weight is 288 g/mol. The highest BCUT2D eigenvalue weighted by Gasteiger charge is 2.14. The normalized spacial score (nSPS) is 10.4. The maximum Gasteiger partial charge on any atom is 0.145 e. The molecule has 22 heavy (non-hydrogen) atoms. The van der Waals surface area contributed by atoms with Crippen LogP contribution in [0.3, 0.4) is 0 Å². The van der Waals surface area contributed by atoms with Crippen molar-refractivity contribution < 1.29 is 0 Å². The molecule has 1 heterocycles. The molecule has 2 aromatic carbocycles. The second kappa shape index (κ2) is 5.38. The smallest absolute Gasteiger partial charge is 0.145 e. The van der Waals surface area contributed by atoms with Gasteiger partial charge in [0, 0.05) is 22.6 Å². The quantitative estimate of drug-likeness (QED) is 0.732. The molecular weight excluding hydrogens is 272 g/mol. The Morgan fingerprint density at radius 3 is 2.23 bits per heavy atom. The predicted molar refractivity (Wildman–Crippen MR) is 87.6 cm³/mol. The van der Waals surface area contributed by atoms with Gasteiger partial charge in [-0.15, -0.1) is 0 Å².